The SMILES string of the molecule is CCCCC(CC)CC(N)CSc1ccc(C)cc1. The highest BCUT2D eigenvalue weighted by Gasteiger charge is 2.12. The van der Waals surface area contributed by atoms with Crippen molar-refractivity contribution in [3.05, 3.63) is 29.8 Å². The van der Waals surface area contributed by atoms with E-state index in [1.165, 1.54) is 42.6 Å². The quantitative estimate of drug-likeness (QED) is 0.642. The van der Waals surface area contributed by atoms with Crippen molar-refractivity contribution in [2.75, 3.05) is 5.75 Å². The molecule has 2 unspecified atom stereocenters. The summed E-state index contributed by atoms with van der Waals surface area (Å²) in [5.74, 6) is 1.85. The molecule has 0 saturated carbocycles. The summed E-state index contributed by atoms with van der Waals surface area (Å²) in [7, 11) is 0. The normalized spacial score (nSPS) is 14.3. The molecule has 0 fully saturated rings. The van der Waals surface area contributed by atoms with E-state index in [9.17, 15) is 0 Å². The number of hydrogen-bond acceptors (Lipinski definition) is 2. The number of aryl methyl sites for hydroxylation is 1. The molecule has 19 heavy (non-hydrogen) atoms. The summed E-state index contributed by atoms with van der Waals surface area (Å²) in [4.78, 5) is 1.34. The van der Waals surface area contributed by atoms with Gasteiger partial charge in [0.15, 0.2) is 0 Å². The van der Waals surface area contributed by atoms with E-state index in [0.717, 1.165) is 11.7 Å². The van der Waals surface area contributed by atoms with Gasteiger partial charge in [0, 0.05) is 16.7 Å². The lowest BCUT2D eigenvalue weighted by Crippen LogP contribution is -2.26. The molecule has 2 N–H and O–H groups in total. The Balaban J connectivity index is 2.29. The van der Waals surface area contributed by atoms with Crippen molar-refractivity contribution in [3.8, 4) is 0 Å². The van der Waals surface area contributed by atoms with E-state index in [4.69, 9.17) is 5.73 Å². The van der Waals surface area contributed by atoms with Gasteiger partial charge in [-0.05, 0) is 31.4 Å². The zero-order valence-corrected chi connectivity index (χ0v) is 13.5. The molecule has 1 rings (SSSR count). The molecule has 0 aliphatic heterocycles. The molecule has 108 valence electrons. The van der Waals surface area contributed by atoms with Crippen LogP contribution in [-0.2, 0) is 0 Å². The van der Waals surface area contributed by atoms with Gasteiger partial charge in [-0.25, -0.2) is 0 Å². The van der Waals surface area contributed by atoms with Crippen LogP contribution in [0.5, 0.6) is 0 Å². The Labute approximate surface area is 123 Å². The molecule has 0 saturated heterocycles. The second-order valence-electron chi connectivity index (χ2n) is 5.54. The molecule has 1 aromatic rings. The predicted octanol–water partition coefficient (Wildman–Crippen LogP) is 5.02. The third-order valence-electron chi connectivity index (χ3n) is 3.66. The average Bonchev–Trinajstić information content (AvgIpc) is 2.42. The van der Waals surface area contributed by atoms with E-state index >= 15 is 0 Å². The van der Waals surface area contributed by atoms with Crippen LogP contribution in [-0.4, -0.2) is 11.8 Å². The Hall–Kier alpha value is -0.470. The molecule has 0 bridgehead atoms. The predicted molar refractivity (Wildman–Crippen MR) is 87.8 cm³/mol. The average molecular weight is 279 g/mol. The number of nitrogens with two attached hydrogens (primary N) is 1. The first kappa shape index (κ1) is 16.6. The Morgan fingerprint density at radius 2 is 1.84 bits per heavy atom. The smallest absolute Gasteiger partial charge is 0.0136 e. The molecule has 0 aliphatic rings. The van der Waals surface area contributed by atoms with Crippen molar-refractivity contribution < 1.29 is 0 Å². The fourth-order valence-corrected chi connectivity index (χ4v) is 3.19. The van der Waals surface area contributed by atoms with E-state index < -0.39 is 0 Å². The van der Waals surface area contributed by atoms with E-state index in [1.54, 1.807) is 0 Å². The lowest BCUT2D eigenvalue weighted by Gasteiger charge is -2.19. The maximum absolute atomic E-state index is 6.28. The van der Waals surface area contributed by atoms with Gasteiger partial charge in [0.1, 0.15) is 0 Å². The van der Waals surface area contributed by atoms with Crippen LogP contribution in [0.25, 0.3) is 0 Å². The van der Waals surface area contributed by atoms with Gasteiger partial charge >= 0.3 is 0 Å². The van der Waals surface area contributed by atoms with Crippen LogP contribution < -0.4 is 5.73 Å². The highest BCUT2D eigenvalue weighted by Crippen LogP contribution is 2.23. The third-order valence-corrected chi connectivity index (χ3v) is 4.86. The molecule has 0 spiro atoms. The van der Waals surface area contributed by atoms with Gasteiger partial charge in [-0.2, -0.15) is 0 Å². The molecular weight excluding hydrogens is 250 g/mol. The van der Waals surface area contributed by atoms with Crippen LogP contribution in [0.4, 0.5) is 0 Å². The van der Waals surface area contributed by atoms with Crippen molar-refractivity contribution in [2.45, 2.75) is 63.8 Å². The van der Waals surface area contributed by atoms with Crippen molar-refractivity contribution in [3.63, 3.8) is 0 Å². The third kappa shape index (κ3) is 7.03. The summed E-state index contributed by atoms with van der Waals surface area (Å²) in [6.45, 7) is 6.68. The minimum atomic E-state index is 0.327. The molecule has 2 heteroatoms. The van der Waals surface area contributed by atoms with Gasteiger partial charge in [0.2, 0.25) is 0 Å². The molecule has 2 atom stereocenters. The van der Waals surface area contributed by atoms with Crippen LogP contribution >= 0.6 is 11.8 Å². The maximum atomic E-state index is 6.28. The Morgan fingerprint density at radius 3 is 2.42 bits per heavy atom. The minimum absolute atomic E-state index is 0.327. The summed E-state index contributed by atoms with van der Waals surface area (Å²) in [6.07, 6.45) is 6.42. The first-order chi connectivity index (χ1) is 9.15. The van der Waals surface area contributed by atoms with Gasteiger partial charge in [-0.3, -0.25) is 0 Å². The van der Waals surface area contributed by atoms with Crippen LogP contribution in [0.15, 0.2) is 29.2 Å². The Kier molecular flexibility index (Phi) is 8.24. The van der Waals surface area contributed by atoms with Gasteiger partial charge in [-0.1, -0.05) is 57.2 Å². The number of hydrogen-bond donors (Lipinski definition) is 1. The first-order valence-corrected chi connectivity index (χ1v) is 8.59. The summed E-state index contributed by atoms with van der Waals surface area (Å²) in [5.41, 5.74) is 7.60. The van der Waals surface area contributed by atoms with Crippen LogP contribution in [0.3, 0.4) is 0 Å². The molecule has 0 amide bonds. The zero-order valence-electron chi connectivity index (χ0n) is 12.7. The van der Waals surface area contributed by atoms with E-state index in [1.807, 2.05) is 11.8 Å². The highest BCUT2D eigenvalue weighted by molar-refractivity contribution is 7.99. The topological polar surface area (TPSA) is 26.0 Å². The summed E-state index contributed by atoms with van der Waals surface area (Å²) < 4.78 is 0. The molecule has 1 aromatic carbocycles. The van der Waals surface area contributed by atoms with Crippen LogP contribution in [0, 0.1) is 12.8 Å². The summed E-state index contributed by atoms with van der Waals surface area (Å²) >= 11 is 1.89. The van der Waals surface area contributed by atoms with E-state index in [0.29, 0.717) is 6.04 Å². The van der Waals surface area contributed by atoms with Crippen molar-refractivity contribution in [2.24, 2.45) is 11.7 Å². The van der Waals surface area contributed by atoms with E-state index in [2.05, 4.69) is 45.0 Å². The van der Waals surface area contributed by atoms with Gasteiger partial charge in [-0.15, -0.1) is 11.8 Å². The lowest BCUT2D eigenvalue weighted by atomic mass is 9.93. The molecular formula is C17H29NS. The fraction of sp³-hybridized carbons (Fsp3) is 0.647. The number of unbranched alkanes of at least 4 members (excludes halogenated alkanes) is 1. The number of benzene rings is 1. The molecule has 0 heterocycles. The van der Waals surface area contributed by atoms with Crippen molar-refractivity contribution >= 4 is 11.8 Å². The zero-order chi connectivity index (χ0) is 14.1. The molecule has 0 aromatic heterocycles. The standard InChI is InChI=1S/C17H29NS/c1-4-6-7-15(5-2)12-16(18)13-19-17-10-8-14(3)9-11-17/h8-11,15-16H,4-7,12-13,18H2,1-3H3. The van der Waals surface area contributed by atoms with Crippen LogP contribution in [0.2, 0.25) is 0 Å². The second kappa shape index (κ2) is 9.44. The van der Waals surface area contributed by atoms with Gasteiger partial charge in [0.05, 0.1) is 0 Å². The van der Waals surface area contributed by atoms with E-state index in [-0.39, 0.29) is 0 Å². The molecule has 0 aliphatic carbocycles. The summed E-state index contributed by atoms with van der Waals surface area (Å²) in [6, 6.07) is 9.06. The summed E-state index contributed by atoms with van der Waals surface area (Å²) in [5, 5.41) is 0. The van der Waals surface area contributed by atoms with Crippen molar-refractivity contribution in [1.82, 2.24) is 0 Å². The monoisotopic (exact) mass is 279 g/mol. The maximum Gasteiger partial charge on any atom is 0.0136 e. The minimum Gasteiger partial charge on any atom is -0.327 e. The number of rotatable bonds is 9. The van der Waals surface area contributed by atoms with Crippen LogP contribution in [0.1, 0.15) is 51.5 Å². The number of thioether (sulfide) groups is 1. The van der Waals surface area contributed by atoms with Crippen molar-refractivity contribution in [1.29, 1.82) is 0 Å². The fourth-order valence-electron chi connectivity index (χ4n) is 2.32. The van der Waals surface area contributed by atoms with Gasteiger partial charge < -0.3 is 5.73 Å². The Bertz CT molecular complexity index is 334. The largest absolute Gasteiger partial charge is 0.327 e. The Morgan fingerprint density at radius 1 is 1.16 bits per heavy atom. The van der Waals surface area contributed by atoms with Gasteiger partial charge in [0.25, 0.3) is 0 Å². The molecule has 1 nitrogen and oxygen atoms in total. The first-order valence-electron chi connectivity index (χ1n) is 7.60. The lowest BCUT2D eigenvalue weighted by molar-refractivity contribution is 0.396. The highest BCUT2D eigenvalue weighted by atomic mass is 32.2. The molecule has 0 radical (unpaired) electrons. The second-order valence-corrected chi connectivity index (χ2v) is 6.63.